The second-order valence-corrected chi connectivity index (χ2v) is 5.75. The fourth-order valence-corrected chi connectivity index (χ4v) is 1.73. The minimum atomic E-state index is 0.121. The van der Waals surface area contributed by atoms with Crippen molar-refractivity contribution in [1.82, 2.24) is 10.3 Å². The molecule has 0 saturated heterocycles. The second kappa shape index (κ2) is 7.16. The molecule has 104 valence electrons. The Morgan fingerprint density at radius 2 is 2.11 bits per heavy atom. The number of aromatic nitrogens is 1. The Morgan fingerprint density at radius 3 is 2.58 bits per heavy atom. The summed E-state index contributed by atoms with van der Waals surface area (Å²) < 4.78 is 0. The molecule has 0 bridgehead atoms. The smallest absolute Gasteiger partial charge is 0.129 e. The van der Waals surface area contributed by atoms with Crippen molar-refractivity contribution in [3.8, 4) is 12.3 Å². The lowest BCUT2D eigenvalue weighted by Crippen LogP contribution is -2.35. The Labute approximate surface area is 117 Å². The molecule has 0 aromatic carbocycles. The zero-order chi connectivity index (χ0) is 14.3. The first-order chi connectivity index (χ1) is 8.96. The van der Waals surface area contributed by atoms with Crippen molar-refractivity contribution < 1.29 is 0 Å². The number of nitrogens with zero attached hydrogens (tertiary/aromatic N) is 2. The highest BCUT2D eigenvalue weighted by atomic mass is 15.2. The van der Waals surface area contributed by atoms with E-state index >= 15 is 0 Å². The highest BCUT2D eigenvalue weighted by Crippen LogP contribution is 2.12. The zero-order valence-corrected chi connectivity index (χ0v) is 12.5. The van der Waals surface area contributed by atoms with Crippen LogP contribution in [0.1, 0.15) is 39.7 Å². The van der Waals surface area contributed by atoms with Crippen molar-refractivity contribution in [3.05, 3.63) is 23.9 Å². The number of rotatable bonds is 6. The van der Waals surface area contributed by atoms with E-state index in [0.29, 0.717) is 6.54 Å². The van der Waals surface area contributed by atoms with Crippen LogP contribution in [0.25, 0.3) is 0 Å². The summed E-state index contributed by atoms with van der Waals surface area (Å²) in [5.74, 6) is 3.64. The van der Waals surface area contributed by atoms with Crippen molar-refractivity contribution in [2.24, 2.45) is 0 Å². The van der Waals surface area contributed by atoms with Crippen LogP contribution in [-0.2, 0) is 6.54 Å². The summed E-state index contributed by atoms with van der Waals surface area (Å²) in [7, 11) is 0. The second-order valence-electron chi connectivity index (χ2n) is 5.75. The minimum absolute atomic E-state index is 0.121. The maximum Gasteiger partial charge on any atom is 0.129 e. The van der Waals surface area contributed by atoms with Gasteiger partial charge in [0.15, 0.2) is 0 Å². The number of hydrogen-bond donors (Lipinski definition) is 1. The first kappa shape index (κ1) is 15.5. The lowest BCUT2D eigenvalue weighted by Gasteiger charge is -2.22. The van der Waals surface area contributed by atoms with Crippen LogP contribution in [0.4, 0.5) is 5.82 Å². The molecule has 0 aliphatic heterocycles. The molecule has 19 heavy (non-hydrogen) atoms. The van der Waals surface area contributed by atoms with Gasteiger partial charge in [0.2, 0.25) is 0 Å². The van der Waals surface area contributed by atoms with Crippen LogP contribution in [0.3, 0.4) is 0 Å². The van der Waals surface area contributed by atoms with Crippen LogP contribution < -0.4 is 10.2 Å². The number of hydrogen-bond acceptors (Lipinski definition) is 3. The van der Waals surface area contributed by atoms with E-state index < -0.39 is 0 Å². The fourth-order valence-electron chi connectivity index (χ4n) is 1.73. The molecule has 1 aromatic rings. The molecule has 0 aliphatic carbocycles. The van der Waals surface area contributed by atoms with E-state index in [1.54, 1.807) is 0 Å². The average molecular weight is 259 g/mol. The Kier molecular flexibility index (Phi) is 5.85. The number of anilines is 1. The molecule has 1 aromatic heterocycles. The molecule has 0 atom stereocenters. The third-order valence-corrected chi connectivity index (χ3v) is 2.73. The predicted molar refractivity (Wildman–Crippen MR) is 82.2 cm³/mol. The van der Waals surface area contributed by atoms with Crippen molar-refractivity contribution in [2.75, 3.05) is 18.0 Å². The number of nitrogens with one attached hydrogen (secondary N) is 1. The van der Waals surface area contributed by atoms with Gasteiger partial charge in [-0.2, -0.15) is 0 Å². The van der Waals surface area contributed by atoms with E-state index in [4.69, 9.17) is 6.42 Å². The summed E-state index contributed by atoms with van der Waals surface area (Å²) in [6, 6.07) is 4.16. The van der Waals surface area contributed by atoms with Gasteiger partial charge in [-0.15, -0.1) is 6.42 Å². The molecular formula is C16H25N3. The quantitative estimate of drug-likeness (QED) is 0.796. The molecule has 0 aliphatic rings. The molecule has 0 saturated carbocycles. The van der Waals surface area contributed by atoms with Crippen LogP contribution in [0.2, 0.25) is 0 Å². The third kappa shape index (κ3) is 5.76. The molecule has 0 amide bonds. The van der Waals surface area contributed by atoms with Gasteiger partial charge in [0.25, 0.3) is 0 Å². The van der Waals surface area contributed by atoms with Crippen LogP contribution >= 0.6 is 0 Å². The predicted octanol–water partition coefficient (Wildman–Crippen LogP) is 2.82. The van der Waals surface area contributed by atoms with Gasteiger partial charge in [-0.25, -0.2) is 4.98 Å². The largest absolute Gasteiger partial charge is 0.345 e. The summed E-state index contributed by atoms with van der Waals surface area (Å²) >= 11 is 0. The molecule has 0 fully saturated rings. The Hall–Kier alpha value is -1.53. The molecule has 3 nitrogen and oxygen atoms in total. The fraction of sp³-hybridized carbons (Fsp3) is 0.562. The number of pyridine rings is 1. The third-order valence-electron chi connectivity index (χ3n) is 2.73. The normalized spacial score (nSPS) is 11.1. The molecule has 0 spiro atoms. The van der Waals surface area contributed by atoms with Gasteiger partial charge < -0.3 is 10.2 Å². The van der Waals surface area contributed by atoms with Gasteiger partial charge in [-0.05, 0) is 38.8 Å². The maximum atomic E-state index is 5.39. The van der Waals surface area contributed by atoms with Crippen molar-refractivity contribution in [2.45, 2.75) is 46.2 Å². The summed E-state index contributed by atoms with van der Waals surface area (Å²) in [6.07, 6.45) is 8.38. The first-order valence-electron chi connectivity index (χ1n) is 6.84. The van der Waals surface area contributed by atoms with Gasteiger partial charge in [0, 0.05) is 24.8 Å². The molecule has 0 radical (unpaired) electrons. The van der Waals surface area contributed by atoms with Crippen molar-refractivity contribution >= 4 is 5.82 Å². The zero-order valence-electron chi connectivity index (χ0n) is 12.5. The van der Waals surface area contributed by atoms with E-state index in [2.05, 4.69) is 54.9 Å². The molecule has 1 heterocycles. The Morgan fingerprint density at radius 1 is 1.37 bits per heavy atom. The van der Waals surface area contributed by atoms with Gasteiger partial charge in [0.05, 0.1) is 6.54 Å². The van der Waals surface area contributed by atoms with E-state index in [9.17, 15) is 0 Å². The SMILES string of the molecule is C#CCN(CCC)c1ccc(CNC(C)(C)C)cn1. The van der Waals surface area contributed by atoms with Crippen LogP contribution in [0, 0.1) is 12.3 Å². The molecule has 1 rings (SSSR count). The molecule has 1 N–H and O–H groups in total. The summed E-state index contributed by atoms with van der Waals surface area (Å²) in [5.41, 5.74) is 1.31. The van der Waals surface area contributed by atoms with E-state index in [-0.39, 0.29) is 5.54 Å². The molecule has 3 heteroatoms. The Balaban J connectivity index is 2.67. The summed E-state index contributed by atoms with van der Waals surface area (Å²) in [4.78, 5) is 6.63. The first-order valence-corrected chi connectivity index (χ1v) is 6.84. The van der Waals surface area contributed by atoms with Crippen LogP contribution in [0.5, 0.6) is 0 Å². The lowest BCUT2D eigenvalue weighted by atomic mass is 10.1. The number of terminal acetylenes is 1. The van der Waals surface area contributed by atoms with Crippen LogP contribution in [-0.4, -0.2) is 23.6 Å². The monoisotopic (exact) mass is 259 g/mol. The van der Waals surface area contributed by atoms with E-state index in [0.717, 1.165) is 25.3 Å². The molecule has 0 unspecified atom stereocenters. The van der Waals surface area contributed by atoms with E-state index in [1.165, 1.54) is 5.56 Å². The average Bonchev–Trinajstić information content (AvgIpc) is 2.36. The highest BCUT2D eigenvalue weighted by Gasteiger charge is 2.09. The maximum absolute atomic E-state index is 5.39. The standard InChI is InChI=1S/C16H25N3/c1-6-10-19(11-7-2)15-9-8-14(12-17-15)13-18-16(3,4)5/h1,8-9,12,18H,7,10-11,13H2,2-5H3. The van der Waals surface area contributed by atoms with Crippen molar-refractivity contribution in [1.29, 1.82) is 0 Å². The lowest BCUT2D eigenvalue weighted by molar-refractivity contribution is 0.424. The highest BCUT2D eigenvalue weighted by molar-refractivity contribution is 5.40. The van der Waals surface area contributed by atoms with Gasteiger partial charge in [-0.1, -0.05) is 18.9 Å². The Bertz CT molecular complexity index is 409. The molecular weight excluding hydrogens is 234 g/mol. The van der Waals surface area contributed by atoms with Gasteiger partial charge in [0.1, 0.15) is 5.82 Å². The van der Waals surface area contributed by atoms with Gasteiger partial charge >= 0.3 is 0 Å². The van der Waals surface area contributed by atoms with Crippen molar-refractivity contribution in [3.63, 3.8) is 0 Å². The topological polar surface area (TPSA) is 28.2 Å². The summed E-state index contributed by atoms with van der Waals surface area (Å²) in [6.45, 7) is 11.0. The summed E-state index contributed by atoms with van der Waals surface area (Å²) in [5, 5.41) is 3.45. The minimum Gasteiger partial charge on any atom is -0.345 e. The van der Waals surface area contributed by atoms with E-state index in [1.807, 2.05) is 12.3 Å². The van der Waals surface area contributed by atoms with Crippen LogP contribution in [0.15, 0.2) is 18.3 Å². The van der Waals surface area contributed by atoms with Gasteiger partial charge in [-0.3, -0.25) is 0 Å².